The van der Waals surface area contributed by atoms with E-state index < -0.39 is 25.0 Å². The van der Waals surface area contributed by atoms with Crippen molar-refractivity contribution in [2.75, 3.05) is 0 Å². The summed E-state index contributed by atoms with van der Waals surface area (Å²) < 4.78 is 44.0. The van der Waals surface area contributed by atoms with E-state index in [-0.39, 0.29) is 0 Å². The molecule has 0 N–H and O–H groups in total. The van der Waals surface area contributed by atoms with E-state index in [1.165, 1.54) is 0 Å². The van der Waals surface area contributed by atoms with E-state index >= 15 is 9.13 Å². The van der Waals surface area contributed by atoms with Gasteiger partial charge in [-0.25, -0.2) is 0 Å². The van der Waals surface area contributed by atoms with Gasteiger partial charge < -0.3 is 9.05 Å². The molecule has 4 nitrogen and oxygen atoms in total. The summed E-state index contributed by atoms with van der Waals surface area (Å²) in [5, 5.41) is 3.72. The highest BCUT2D eigenvalue weighted by Crippen LogP contribution is 2.62. The van der Waals surface area contributed by atoms with Gasteiger partial charge in [-0.2, -0.15) is 0 Å². The topological polar surface area (TPSA) is 52.6 Å². The van der Waals surface area contributed by atoms with Gasteiger partial charge in [-0.1, -0.05) is 97.1 Å². The molecular weight excluding hydrogens is 606 g/mol. The molecule has 6 aromatic rings. The van der Waals surface area contributed by atoms with Crippen LogP contribution in [0.2, 0.25) is 0 Å². The van der Waals surface area contributed by atoms with Gasteiger partial charge in [-0.05, 0) is 99.5 Å². The van der Waals surface area contributed by atoms with Crippen LogP contribution >= 0.6 is 14.7 Å². The molecule has 6 aromatic carbocycles. The highest BCUT2D eigenvalue weighted by atomic mass is 31.2. The van der Waals surface area contributed by atoms with Crippen LogP contribution in [-0.2, 0) is 9.13 Å². The number of rotatable bonds is 7. The zero-order chi connectivity index (χ0) is 32.7. The molecule has 0 fully saturated rings. The van der Waals surface area contributed by atoms with Gasteiger partial charge in [0.15, 0.2) is 0 Å². The van der Waals surface area contributed by atoms with Crippen molar-refractivity contribution >= 4 is 46.9 Å². The van der Waals surface area contributed by atoms with Crippen LogP contribution < -0.4 is 19.7 Å². The molecule has 2 unspecified atom stereocenters. The molecular formula is C40H40O4P2. The first-order valence-corrected chi connectivity index (χ1v) is 18.8. The first-order chi connectivity index (χ1) is 21.8. The van der Waals surface area contributed by atoms with E-state index in [2.05, 4.69) is 12.1 Å². The second-order valence-corrected chi connectivity index (χ2v) is 19.9. The molecule has 0 saturated carbocycles. The molecule has 46 heavy (non-hydrogen) atoms. The average molecular weight is 647 g/mol. The van der Waals surface area contributed by atoms with Crippen molar-refractivity contribution < 1.29 is 18.2 Å². The van der Waals surface area contributed by atoms with E-state index in [4.69, 9.17) is 9.05 Å². The van der Waals surface area contributed by atoms with Gasteiger partial charge in [-0.15, -0.1) is 0 Å². The minimum Gasteiger partial charge on any atom is -0.439 e. The molecule has 0 aliphatic rings. The normalized spacial score (nSPS) is 14.8. The summed E-state index contributed by atoms with van der Waals surface area (Å²) in [6.45, 7) is 11.7. The maximum atomic E-state index is 15.1. The van der Waals surface area contributed by atoms with Crippen molar-refractivity contribution in [2.24, 2.45) is 0 Å². The zero-order valence-corrected chi connectivity index (χ0v) is 29.0. The number of hydrogen-bond donors (Lipinski definition) is 0. The predicted octanol–water partition coefficient (Wildman–Crippen LogP) is 11.2. The minimum absolute atomic E-state index is 0.479. The third-order valence-electron chi connectivity index (χ3n) is 8.44. The quantitative estimate of drug-likeness (QED) is 0.162. The summed E-state index contributed by atoms with van der Waals surface area (Å²) in [6, 6.07) is 42.9. The molecule has 6 rings (SSSR count). The summed E-state index contributed by atoms with van der Waals surface area (Å²) in [7, 11) is -6.98. The van der Waals surface area contributed by atoms with E-state index in [0.717, 1.165) is 32.7 Å². The van der Waals surface area contributed by atoms with Gasteiger partial charge in [0.25, 0.3) is 14.7 Å². The second kappa shape index (κ2) is 11.9. The third kappa shape index (κ3) is 5.59. The molecule has 0 radical (unpaired) electrons. The molecule has 2 atom stereocenters. The molecule has 0 bridgehead atoms. The van der Waals surface area contributed by atoms with Crippen molar-refractivity contribution in [1.82, 2.24) is 0 Å². The van der Waals surface area contributed by atoms with Crippen molar-refractivity contribution in [3.05, 3.63) is 133 Å². The smallest absolute Gasteiger partial charge is 0.282 e. The molecule has 234 valence electrons. The van der Waals surface area contributed by atoms with Crippen molar-refractivity contribution in [2.45, 2.75) is 51.9 Å². The number of fused-ring (bicyclic) bond motifs is 2. The van der Waals surface area contributed by atoms with Gasteiger partial charge in [0.05, 0.1) is 10.3 Å². The Balaban J connectivity index is 1.68. The van der Waals surface area contributed by atoms with Gasteiger partial charge >= 0.3 is 0 Å². The van der Waals surface area contributed by atoms with Crippen molar-refractivity contribution in [1.29, 1.82) is 0 Å². The molecule has 6 heteroatoms. The fourth-order valence-electron chi connectivity index (χ4n) is 5.85. The Hall–Kier alpha value is -4.10. The zero-order valence-electron chi connectivity index (χ0n) is 27.2. The highest BCUT2D eigenvalue weighted by molar-refractivity contribution is 7.69. The SMILES string of the molecule is CC(C)(C)P(=O)(Oc1ccc2ccccc2c1-c1c(OP(=O)(c2ccccc2)C(C)(C)C)ccc2ccccc12)c1ccccc1. The van der Waals surface area contributed by atoms with Crippen LogP contribution in [-0.4, -0.2) is 10.3 Å². The summed E-state index contributed by atoms with van der Waals surface area (Å²) in [4.78, 5) is 0. The second-order valence-electron chi connectivity index (χ2n) is 13.6. The van der Waals surface area contributed by atoms with E-state index in [1.807, 2.05) is 163 Å². The standard InChI is InChI=1S/C40H40O4P2/c1-39(2,3)45(41,31-19-9-7-10-20-31)43-35-27-25-29-17-13-15-23-33(29)37(35)38-34-24-16-14-18-30(34)26-28-36(38)44-46(42,40(4,5)6)32-21-11-8-12-22-32/h7-28H,1-6H3. The largest absolute Gasteiger partial charge is 0.439 e. The molecule has 0 aromatic heterocycles. The number of hydrogen-bond acceptors (Lipinski definition) is 4. The van der Waals surface area contributed by atoms with E-state index in [0.29, 0.717) is 22.1 Å². The van der Waals surface area contributed by atoms with E-state index in [9.17, 15) is 0 Å². The molecule has 0 spiro atoms. The lowest BCUT2D eigenvalue weighted by Crippen LogP contribution is -2.27. The monoisotopic (exact) mass is 646 g/mol. The molecule has 0 aliphatic heterocycles. The Kier molecular flexibility index (Phi) is 8.26. The summed E-state index contributed by atoms with van der Waals surface area (Å²) in [5.41, 5.74) is 1.50. The molecule has 0 heterocycles. The van der Waals surface area contributed by atoms with Crippen LogP contribution in [0.15, 0.2) is 133 Å². The Morgan fingerprint density at radius 3 is 1.09 bits per heavy atom. The average Bonchev–Trinajstić information content (AvgIpc) is 3.04. The van der Waals surface area contributed by atoms with Crippen LogP contribution in [0, 0.1) is 0 Å². The molecule has 0 saturated heterocycles. The lowest BCUT2D eigenvalue weighted by atomic mass is 9.92. The van der Waals surface area contributed by atoms with Crippen LogP contribution in [0.4, 0.5) is 0 Å². The van der Waals surface area contributed by atoms with Crippen LogP contribution in [0.5, 0.6) is 11.5 Å². The van der Waals surface area contributed by atoms with Crippen LogP contribution in [0.3, 0.4) is 0 Å². The van der Waals surface area contributed by atoms with Crippen LogP contribution in [0.25, 0.3) is 32.7 Å². The fraction of sp³-hybridized carbons (Fsp3) is 0.200. The predicted molar refractivity (Wildman–Crippen MR) is 195 cm³/mol. The molecule has 0 amide bonds. The molecule has 0 aliphatic carbocycles. The Morgan fingerprint density at radius 2 is 0.739 bits per heavy atom. The lowest BCUT2D eigenvalue weighted by Gasteiger charge is -2.34. The van der Waals surface area contributed by atoms with Gasteiger partial charge in [0.1, 0.15) is 11.5 Å². The summed E-state index contributed by atoms with van der Waals surface area (Å²) in [6.07, 6.45) is 0. The van der Waals surface area contributed by atoms with Crippen molar-refractivity contribution in [3.63, 3.8) is 0 Å². The minimum atomic E-state index is -3.49. The highest BCUT2D eigenvalue weighted by Gasteiger charge is 2.43. The summed E-state index contributed by atoms with van der Waals surface area (Å²) >= 11 is 0. The Morgan fingerprint density at radius 1 is 0.413 bits per heavy atom. The van der Waals surface area contributed by atoms with Crippen molar-refractivity contribution in [3.8, 4) is 22.6 Å². The van der Waals surface area contributed by atoms with Crippen LogP contribution in [0.1, 0.15) is 41.5 Å². The fourth-order valence-corrected chi connectivity index (χ4v) is 10.1. The van der Waals surface area contributed by atoms with E-state index in [1.54, 1.807) is 0 Å². The Labute approximate surface area is 272 Å². The first-order valence-electron chi connectivity index (χ1n) is 15.6. The summed E-state index contributed by atoms with van der Waals surface area (Å²) in [5.74, 6) is 0.958. The van der Waals surface area contributed by atoms with Gasteiger partial charge in [-0.3, -0.25) is 9.13 Å². The maximum Gasteiger partial charge on any atom is 0.282 e. The van der Waals surface area contributed by atoms with Gasteiger partial charge in [0.2, 0.25) is 0 Å². The van der Waals surface area contributed by atoms with Gasteiger partial charge in [0, 0.05) is 21.7 Å². The lowest BCUT2D eigenvalue weighted by molar-refractivity contribution is 0.459. The first kappa shape index (κ1) is 31.9. The number of benzene rings is 6. The maximum absolute atomic E-state index is 15.1. The Bertz CT molecular complexity index is 1970. The third-order valence-corrected chi connectivity index (χ3v) is 14.8.